The molecule has 2 aliphatic heterocycles. The lowest BCUT2D eigenvalue weighted by molar-refractivity contribution is -0.278. The summed E-state index contributed by atoms with van der Waals surface area (Å²) in [7, 11) is 0. The van der Waals surface area contributed by atoms with E-state index in [2.05, 4.69) is 5.32 Å². The minimum atomic E-state index is -1.98. The Morgan fingerprint density at radius 2 is 1.86 bits per heavy atom. The standard InChI is InChI=1S/C22H26FN3O9/c1-2-25-9-11(21(33)35-22-18(30)16(28)17(29)19(34-22)20(31)32)15(27)10-7-12(23)14(8-13(10)25)26-5-3-24-4-6-26/h7-9,16-19,22,24,28-30H,2-6H2,1H3,(H,31,32)/t16-,17-,18+,19-,22-/m0/s1. The lowest BCUT2D eigenvalue weighted by Gasteiger charge is -2.37. The van der Waals surface area contributed by atoms with E-state index >= 15 is 0 Å². The smallest absolute Gasteiger partial charge is 0.346 e. The summed E-state index contributed by atoms with van der Waals surface area (Å²) >= 11 is 0. The second kappa shape index (κ2) is 9.87. The van der Waals surface area contributed by atoms with Gasteiger partial charge in [0.05, 0.1) is 11.2 Å². The fourth-order valence-corrected chi connectivity index (χ4v) is 4.27. The van der Waals surface area contributed by atoms with E-state index in [0.717, 1.165) is 6.07 Å². The van der Waals surface area contributed by atoms with E-state index in [9.17, 15) is 34.1 Å². The van der Waals surface area contributed by atoms with Crippen molar-refractivity contribution < 1.29 is 43.9 Å². The van der Waals surface area contributed by atoms with Crippen LogP contribution < -0.4 is 15.6 Å². The molecule has 0 aliphatic carbocycles. The van der Waals surface area contributed by atoms with Crippen LogP contribution in [0.3, 0.4) is 0 Å². The number of pyridine rings is 1. The van der Waals surface area contributed by atoms with Crippen LogP contribution in [0.5, 0.6) is 0 Å². The maximum absolute atomic E-state index is 15.0. The molecule has 0 unspecified atom stereocenters. The maximum Gasteiger partial charge on any atom is 0.346 e. The number of halogens is 1. The van der Waals surface area contributed by atoms with Crippen molar-refractivity contribution in [3.63, 3.8) is 0 Å². The normalized spacial score (nSPS) is 27.1. The SMILES string of the molecule is CCn1cc(C(=O)O[C@@H]2O[C@H](C(=O)O)[C@@H](O)[C@H](O)[C@H]2O)c(=O)c2cc(F)c(N3CCNCC3)cc21. The number of rotatable bonds is 5. The van der Waals surface area contributed by atoms with Gasteiger partial charge in [-0.05, 0) is 19.1 Å². The van der Waals surface area contributed by atoms with Crippen LogP contribution in [0.15, 0.2) is 23.1 Å². The number of hydrogen-bond acceptors (Lipinski definition) is 10. The lowest BCUT2D eigenvalue weighted by atomic mass is 9.99. The van der Waals surface area contributed by atoms with E-state index in [-0.39, 0.29) is 5.39 Å². The number of hydrogen-bond donors (Lipinski definition) is 5. The van der Waals surface area contributed by atoms with Crippen LogP contribution in [0, 0.1) is 5.82 Å². The van der Waals surface area contributed by atoms with E-state index in [1.54, 1.807) is 17.6 Å². The highest BCUT2D eigenvalue weighted by molar-refractivity contribution is 5.94. The van der Waals surface area contributed by atoms with Crippen molar-refractivity contribution in [2.75, 3.05) is 31.1 Å². The van der Waals surface area contributed by atoms with Crippen molar-refractivity contribution >= 4 is 28.5 Å². The average Bonchev–Trinajstić information content (AvgIpc) is 2.84. The third kappa shape index (κ3) is 4.60. The number of aliphatic hydroxyl groups excluding tert-OH is 3. The van der Waals surface area contributed by atoms with E-state index in [1.807, 2.05) is 4.90 Å². The number of aryl methyl sites for hydroxylation is 1. The van der Waals surface area contributed by atoms with Crippen LogP contribution >= 0.6 is 0 Å². The Balaban J connectivity index is 1.68. The van der Waals surface area contributed by atoms with Crippen molar-refractivity contribution in [2.24, 2.45) is 0 Å². The zero-order valence-corrected chi connectivity index (χ0v) is 18.8. The number of fused-ring (bicyclic) bond motifs is 1. The molecule has 2 aliphatic rings. The Kier molecular flexibility index (Phi) is 7.05. The van der Waals surface area contributed by atoms with Gasteiger partial charge in [-0.15, -0.1) is 0 Å². The van der Waals surface area contributed by atoms with Crippen LogP contribution in [0.25, 0.3) is 10.9 Å². The van der Waals surface area contributed by atoms with E-state index in [0.29, 0.717) is 43.9 Å². The van der Waals surface area contributed by atoms with Crippen molar-refractivity contribution in [2.45, 2.75) is 44.2 Å². The summed E-state index contributed by atoms with van der Waals surface area (Å²) in [5.74, 6) is -3.56. The van der Waals surface area contributed by atoms with Crippen LogP contribution in [0.4, 0.5) is 10.1 Å². The molecule has 0 amide bonds. The Morgan fingerprint density at radius 1 is 1.17 bits per heavy atom. The minimum Gasteiger partial charge on any atom is -0.479 e. The quantitative estimate of drug-likeness (QED) is 0.310. The summed E-state index contributed by atoms with van der Waals surface area (Å²) in [5, 5.41) is 42.0. The van der Waals surface area contributed by atoms with Gasteiger partial charge in [-0.25, -0.2) is 14.0 Å². The molecule has 0 bridgehead atoms. The number of anilines is 1. The number of carboxylic acids is 1. The number of carbonyl (C=O) groups is 2. The molecule has 5 N–H and O–H groups in total. The number of aliphatic carboxylic acids is 1. The fourth-order valence-electron chi connectivity index (χ4n) is 4.27. The van der Waals surface area contributed by atoms with Crippen molar-refractivity contribution in [3.8, 4) is 0 Å². The monoisotopic (exact) mass is 495 g/mol. The Morgan fingerprint density at radius 3 is 2.49 bits per heavy atom. The Bertz CT molecular complexity index is 1200. The summed E-state index contributed by atoms with van der Waals surface area (Å²) in [5.41, 5.74) is -0.595. The molecule has 35 heavy (non-hydrogen) atoms. The average molecular weight is 495 g/mol. The summed E-state index contributed by atoms with van der Waals surface area (Å²) < 4.78 is 26.5. The first-order valence-corrected chi connectivity index (χ1v) is 11.1. The van der Waals surface area contributed by atoms with Crippen molar-refractivity contribution in [1.82, 2.24) is 9.88 Å². The fraction of sp³-hybridized carbons (Fsp3) is 0.500. The molecule has 1 aromatic heterocycles. The van der Waals surface area contributed by atoms with Gasteiger partial charge in [0.1, 0.15) is 29.7 Å². The maximum atomic E-state index is 15.0. The van der Waals surface area contributed by atoms with Gasteiger partial charge in [0, 0.05) is 44.3 Å². The van der Waals surface area contributed by atoms with Gasteiger partial charge in [0.15, 0.2) is 6.10 Å². The first-order valence-electron chi connectivity index (χ1n) is 11.1. The topological polar surface area (TPSA) is 171 Å². The van der Waals surface area contributed by atoms with Gasteiger partial charge in [-0.3, -0.25) is 4.79 Å². The molecule has 2 fully saturated rings. The molecule has 190 valence electrons. The summed E-state index contributed by atoms with van der Waals surface area (Å²) in [6.45, 7) is 4.63. The highest BCUT2D eigenvalue weighted by atomic mass is 19.1. The Labute approximate surface area is 198 Å². The van der Waals surface area contributed by atoms with Gasteiger partial charge >= 0.3 is 11.9 Å². The molecule has 4 rings (SSSR count). The highest BCUT2D eigenvalue weighted by Crippen LogP contribution is 2.27. The molecular weight excluding hydrogens is 469 g/mol. The molecule has 13 heteroatoms. The minimum absolute atomic E-state index is 0.0679. The number of aliphatic hydroxyl groups is 3. The third-order valence-corrected chi connectivity index (χ3v) is 6.20. The van der Waals surface area contributed by atoms with Crippen molar-refractivity contribution in [1.29, 1.82) is 0 Å². The molecule has 3 heterocycles. The first kappa shape index (κ1) is 25.0. The third-order valence-electron chi connectivity index (χ3n) is 6.20. The highest BCUT2D eigenvalue weighted by Gasteiger charge is 2.48. The molecule has 2 saturated heterocycles. The second-order valence-electron chi connectivity index (χ2n) is 8.36. The number of esters is 1. The largest absolute Gasteiger partial charge is 0.479 e. The predicted octanol–water partition coefficient (Wildman–Crippen LogP) is -1.38. The van der Waals surface area contributed by atoms with Gasteiger partial charge in [0.25, 0.3) is 0 Å². The molecular formula is C22H26FN3O9. The number of benzene rings is 1. The molecule has 1 aromatic carbocycles. The summed E-state index contributed by atoms with van der Waals surface area (Å²) in [6, 6.07) is 2.61. The molecule has 5 atom stereocenters. The number of ether oxygens (including phenoxy) is 2. The van der Waals surface area contributed by atoms with Crippen LogP contribution in [-0.4, -0.2) is 93.8 Å². The van der Waals surface area contributed by atoms with Gasteiger partial charge in [0.2, 0.25) is 11.7 Å². The Hall–Kier alpha value is -3.10. The molecule has 0 saturated carbocycles. The number of carboxylic acid groups (broad SMARTS) is 1. The second-order valence-corrected chi connectivity index (χ2v) is 8.36. The first-order chi connectivity index (χ1) is 16.6. The number of piperazine rings is 1. The zero-order valence-electron chi connectivity index (χ0n) is 18.8. The van der Waals surface area contributed by atoms with Crippen LogP contribution in [0.1, 0.15) is 17.3 Å². The summed E-state index contributed by atoms with van der Waals surface area (Å²) in [4.78, 5) is 39.0. The number of nitrogens with zero attached hydrogens (tertiary/aromatic N) is 2. The van der Waals surface area contributed by atoms with Gasteiger partial charge < -0.3 is 44.7 Å². The predicted molar refractivity (Wildman–Crippen MR) is 119 cm³/mol. The molecule has 0 spiro atoms. The number of aromatic nitrogens is 1. The van der Waals surface area contributed by atoms with Gasteiger partial charge in [-0.2, -0.15) is 0 Å². The lowest BCUT2D eigenvalue weighted by Crippen LogP contribution is -2.60. The van der Waals surface area contributed by atoms with Crippen LogP contribution in [-0.2, 0) is 20.8 Å². The van der Waals surface area contributed by atoms with Gasteiger partial charge in [-0.1, -0.05) is 0 Å². The molecule has 0 radical (unpaired) electrons. The van der Waals surface area contributed by atoms with E-state index in [1.165, 1.54) is 6.20 Å². The summed E-state index contributed by atoms with van der Waals surface area (Å²) in [6.07, 6.45) is -8.65. The van der Waals surface area contributed by atoms with Crippen LogP contribution in [0.2, 0.25) is 0 Å². The van der Waals surface area contributed by atoms with Crippen molar-refractivity contribution in [3.05, 3.63) is 39.9 Å². The molecule has 2 aromatic rings. The van der Waals surface area contributed by atoms with E-state index < -0.39 is 59.5 Å². The zero-order chi connectivity index (χ0) is 25.4. The number of nitrogens with one attached hydrogen (secondary N) is 1. The number of carbonyl (C=O) groups excluding carboxylic acids is 1. The van der Waals surface area contributed by atoms with E-state index in [4.69, 9.17) is 14.6 Å². The molecule has 12 nitrogen and oxygen atoms in total.